The summed E-state index contributed by atoms with van der Waals surface area (Å²) in [6.45, 7) is 1.58. The van der Waals surface area contributed by atoms with Crippen LogP contribution in [0.2, 0.25) is 15.1 Å². The summed E-state index contributed by atoms with van der Waals surface area (Å²) in [6.07, 6.45) is -0.871. The third-order valence-electron chi connectivity index (χ3n) is 4.09. The molecule has 1 N–H and O–H groups in total. The van der Waals surface area contributed by atoms with E-state index in [9.17, 15) is 9.59 Å². The lowest BCUT2D eigenvalue weighted by Gasteiger charge is -2.17. The topological polar surface area (TPSA) is 55.4 Å². The van der Waals surface area contributed by atoms with Crippen LogP contribution in [0.5, 0.6) is 5.75 Å². The van der Waals surface area contributed by atoms with Crippen LogP contribution in [0, 0.1) is 0 Å². The maximum atomic E-state index is 12.9. The number of anilines is 1. The average molecular weight is 449 g/mol. The van der Waals surface area contributed by atoms with E-state index in [-0.39, 0.29) is 11.3 Å². The Morgan fingerprint density at radius 1 is 0.897 bits per heavy atom. The van der Waals surface area contributed by atoms with Crippen LogP contribution in [-0.2, 0) is 4.79 Å². The van der Waals surface area contributed by atoms with E-state index < -0.39 is 12.0 Å². The number of carbonyl (C=O) groups is 2. The Morgan fingerprint density at radius 2 is 1.55 bits per heavy atom. The molecule has 0 saturated heterocycles. The number of benzene rings is 3. The molecule has 148 valence electrons. The molecule has 0 saturated carbocycles. The molecule has 0 aliphatic rings. The van der Waals surface area contributed by atoms with Crippen molar-refractivity contribution in [2.24, 2.45) is 0 Å². The summed E-state index contributed by atoms with van der Waals surface area (Å²) in [5, 5.41) is 3.87. The van der Waals surface area contributed by atoms with Crippen molar-refractivity contribution in [2.75, 3.05) is 5.32 Å². The van der Waals surface area contributed by atoms with Gasteiger partial charge >= 0.3 is 0 Å². The second-order valence-electron chi connectivity index (χ2n) is 6.21. The van der Waals surface area contributed by atoms with E-state index in [0.717, 1.165) is 0 Å². The standard InChI is InChI=1S/C22H16Cl3NO3/c1-13(29-20-10-8-16(24)12-18(20)25)22(28)26-19-9-7-15(23)11-17(19)21(27)14-5-3-2-4-6-14/h2-13H,1H3,(H,26,28). The van der Waals surface area contributed by atoms with Crippen LogP contribution in [0.15, 0.2) is 66.7 Å². The number of rotatable bonds is 6. The highest BCUT2D eigenvalue weighted by Gasteiger charge is 2.20. The van der Waals surface area contributed by atoms with E-state index in [0.29, 0.717) is 32.1 Å². The van der Waals surface area contributed by atoms with Crippen molar-refractivity contribution in [1.82, 2.24) is 0 Å². The second-order valence-corrected chi connectivity index (χ2v) is 7.49. The molecule has 3 rings (SSSR count). The molecule has 0 heterocycles. The van der Waals surface area contributed by atoms with Gasteiger partial charge in [-0.15, -0.1) is 0 Å². The van der Waals surface area contributed by atoms with Crippen molar-refractivity contribution >= 4 is 52.2 Å². The Kier molecular flexibility index (Phi) is 6.80. The first-order chi connectivity index (χ1) is 13.8. The first kappa shape index (κ1) is 21.2. The minimum absolute atomic E-state index is 0.252. The van der Waals surface area contributed by atoms with Gasteiger partial charge in [-0.25, -0.2) is 0 Å². The number of nitrogens with one attached hydrogen (secondary N) is 1. The summed E-state index contributed by atoms with van der Waals surface area (Å²) in [4.78, 5) is 25.5. The summed E-state index contributed by atoms with van der Waals surface area (Å²) < 4.78 is 5.63. The molecular formula is C22H16Cl3NO3. The van der Waals surface area contributed by atoms with Gasteiger partial charge in [0.05, 0.1) is 10.7 Å². The molecule has 0 aromatic heterocycles. The Hall–Kier alpha value is -2.53. The number of hydrogen-bond acceptors (Lipinski definition) is 3. The summed E-state index contributed by atoms with van der Waals surface area (Å²) in [6, 6.07) is 18.2. The van der Waals surface area contributed by atoms with Crippen LogP contribution in [-0.4, -0.2) is 17.8 Å². The van der Waals surface area contributed by atoms with Crippen LogP contribution in [0.4, 0.5) is 5.69 Å². The van der Waals surface area contributed by atoms with E-state index in [1.54, 1.807) is 55.5 Å². The normalized spacial score (nSPS) is 11.6. The summed E-state index contributed by atoms with van der Waals surface area (Å²) in [7, 11) is 0. The Balaban J connectivity index is 1.80. The fraction of sp³-hybridized carbons (Fsp3) is 0.0909. The van der Waals surface area contributed by atoms with Crippen LogP contribution in [0.25, 0.3) is 0 Å². The van der Waals surface area contributed by atoms with Crippen LogP contribution in [0.1, 0.15) is 22.8 Å². The Bertz CT molecular complexity index is 1050. The molecule has 7 heteroatoms. The van der Waals surface area contributed by atoms with Crippen molar-refractivity contribution in [1.29, 1.82) is 0 Å². The number of carbonyl (C=O) groups excluding carboxylic acids is 2. The molecule has 0 aliphatic heterocycles. The third kappa shape index (κ3) is 5.30. The first-order valence-corrected chi connectivity index (χ1v) is 9.80. The zero-order chi connectivity index (χ0) is 21.0. The molecule has 4 nitrogen and oxygen atoms in total. The third-order valence-corrected chi connectivity index (χ3v) is 4.85. The largest absolute Gasteiger partial charge is 0.479 e. The minimum atomic E-state index is -0.871. The molecule has 0 fully saturated rings. The summed E-state index contributed by atoms with van der Waals surface area (Å²) in [5.74, 6) is -0.367. The second kappa shape index (κ2) is 9.31. The van der Waals surface area contributed by atoms with E-state index in [4.69, 9.17) is 39.5 Å². The summed E-state index contributed by atoms with van der Waals surface area (Å²) in [5.41, 5.74) is 1.11. The maximum absolute atomic E-state index is 12.9. The van der Waals surface area contributed by atoms with E-state index in [1.165, 1.54) is 12.1 Å². The van der Waals surface area contributed by atoms with Gasteiger partial charge in [0, 0.05) is 21.2 Å². The van der Waals surface area contributed by atoms with Gasteiger partial charge in [0.2, 0.25) is 0 Å². The Labute approximate surface area is 183 Å². The Morgan fingerprint density at radius 3 is 2.24 bits per heavy atom. The fourth-order valence-electron chi connectivity index (χ4n) is 2.61. The van der Waals surface area contributed by atoms with Crippen molar-refractivity contribution in [2.45, 2.75) is 13.0 Å². The smallest absolute Gasteiger partial charge is 0.265 e. The molecule has 29 heavy (non-hydrogen) atoms. The molecule has 0 aliphatic carbocycles. The van der Waals surface area contributed by atoms with Gasteiger partial charge in [-0.1, -0.05) is 65.1 Å². The number of amides is 1. The zero-order valence-electron chi connectivity index (χ0n) is 15.3. The fourth-order valence-corrected chi connectivity index (χ4v) is 3.23. The van der Waals surface area contributed by atoms with Crippen molar-refractivity contribution < 1.29 is 14.3 Å². The molecule has 0 radical (unpaired) electrons. The van der Waals surface area contributed by atoms with Gasteiger partial charge in [0.25, 0.3) is 5.91 Å². The minimum Gasteiger partial charge on any atom is -0.479 e. The number of ketones is 1. The van der Waals surface area contributed by atoms with Crippen molar-refractivity contribution in [3.63, 3.8) is 0 Å². The lowest BCUT2D eigenvalue weighted by Crippen LogP contribution is -2.30. The molecule has 0 spiro atoms. The monoisotopic (exact) mass is 447 g/mol. The van der Waals surface area contributed by atoms with Crippen LogP contribution < -0.4 is 10.1 Å². The van der Waals surface area contributed by atoms with Crippen LogP contribution in [0.3, 0.4) is 0 Å². The van der Waals surface area contributed by atoms with E-state index >= 15 is 0 Å². The van der Waals surface area contributed by atoms with Crippen molar-refractivity contribution in [3.8, 4) is 5.75 Å². The molecular weight excluding hydrogens is 433 g/mol. The van der Waals surface area contributed by atoms with Gasteiger partial charge in [0.1, 0.15) is 5.75 Å². The predicted molar refractivity (Wildman–Crippen MR) is 117 cm³/mol. The molecule has 1 atom stereocenters. The average Bonchev–Trinajstić information content (AvgIpc) is 2.71. The first-order valence-electron chi connectivity index (χ1n) is 8.67. The van der Waals surface area contributed by atoms with Crippen LogP contribution >= 0.6 is 34.8 Å². The summed E-state index contributed by atoms with van der Waals surface area (Å²) >= 11 is 18.0. The van der Waals surface area contributed by atoms with Gasteiger partial charge < -0.3 is 10.1 Å². The van der Waals surface area contributed by atoms with E-state index in [1.807, 2.05) is 6.07 Å². The molecule has 3 aromatic rings. The maximum Gasteiger partial charge on any atom is 0.265 e. The lowest BCUT2D eigenvalue weighted by molar-refractivity contribution is -0.122. The highest BCUT2D eigenvalue weighted by atomic mass is 35.5. The number of halogens is 3. The number of ether oxygens (including phenoxy) is 1. The SMILES string of the molecule is CC(Oc1ccc(Cl)cc1Cl)C(=O)Nc1ccc(Cl)cc1C(=O)c1ccccc1. The molecule has 0 bridgehead atoms. The van der Waals surface area contributed by atoms with Gasteiger partial charge in [-0.2, -0.15) is 0 Å². The molecule has 3 aromatic carbocycles. The highest BCUT2D eigenvalue weighted by Crippen LogP contribution is 2.29. The molecule has 1 amide bonds. The zero-order valence-corrected chi connectivity index (χ0v) is 17.6. The predicted octanol–water partition coefficient (Wildman–Crippen LogP) is 6.28. The molecule has 1 unspecified atom stereocenters. The lowest BCUT2D eigenvalue weighted by atomic mass is 10.0. The van der Waals surface area contributed by atoms with E-state index in [2.05, 4.69) is 5.32 Å². The van der Waals surface area contributed by atoms with Crippen molar-refractivity contribution in [3.05, 3.63) is 92.9 Å². The highest BCUT2D eigenvalue weighted by molar-refractivity contribution is 6.35. The van der Waals surface area contributed by atoms with Gasteiger partial charge in [-0.3, -0.25) is 9.59 Å². The quantitative estimate of drug-likeness (QED) is 0.451. The van der Waals surface area contributed by atoms with Gasteiger partial charge in [-0.05, 0) is 43.3 Å². The van der Waals surface area contributed by atoms with Gasteiger partial charge in [0.15, 0.2) is 11.9 Å². The number of hydrogen-bond donors (Lipinski definition) is 1.